The molecule has 0 radical (unpaired) electrons. The molecule has 3 aromatic rings. The number of hydrogen-bond acceptors (Lipinski definition) is 13. The van der Waals surface area contributed by atoms with Crippen LogP contribution in [0.1, 0.15) is 5.56 Å². The summed E-state index contributed by atoms with van der Waals surface area (Å²) in [6, 6.07) is 7.33. The Hall–Kier alpha value is -4.28. The van der Waals surface area contributed by atoms with E-state index in [9.17, 15) is 8.42 Å². The minimum atomic E-state index is -3.65. The van der Waals surface area contributed by atoms with Gasteiger partial charge in [0.05, 0.1) is 29.2 Å². The van der Waals surface area contributed by atoms with Crippen molar-refractivity contribution in [3.63, 3.8) is 0 Å². The van der Waals surface area contributed by atoms with Gasteiger partial charge in [0.25, 0.3) is 0 Å². The topological polar surface area (TPSA) is 157 Å². The number of halogens is 1. The fourth-order valence-corrected chi connectivity index (χ4v) is 5.98. The molecular weight excluding hydrogens is 678 g/mol. The number of rotatable bonds is 11. The van der Waals surface area contributed by atoms with Gasteiger partial charge in [-0.15, -0.1) is 0 Å². The van der Waals surface area contributed by atoms with E-state index in [1.807, 2.05) is 12.1 Å². The first kappa shape index (κ1) is 33.1. The largest absolute Gasteiger partial charge is 0.494 e. The molecule has 0 aliphatic carbocycles. The third kappa shape index (κ3) is 7.08. The molecule has 0 unspecified atom stereocenters. The van der Waals surface area contributed by atoms with Crippen molar-refractivity contribution in [3.8, 4) is 17.2 Å². The van der Waals surface area contributed by atoms with Gasteiger partial charge in [0.1, 0.15) is 30.5 Å². The van der Waals surface area contributed by atoms with Crippen molar-refractivity contribution in [2.45, 2.75) is 0 Å². The van der Waals surface area contributed by atoms with E-state index < -0.39 is 10.0 Å². The maximum absolute atomic E-state index is 12.6. The van der Waals surface area contributed by atoms with Crippen LogP contribution in [-0.4, -0.2) is 103 Å². The summed E-state index contributed by atoms with van der Waals surface area (Å²) in [5.74, 6) is 1.98. The van der Waals surface area contributed by atoms with Crippen molar-refractivity contribution in [1.82, 2.24) is 20.2 Å². The Balaban J connectivity index is 1.53. The number of benzene rings is 2. The van der Waals surface area contributed by atoms with E-state index in [2.05, 4.69) is 53.7 Å². The highest BCUT2D eigenvalue weighted by atomic mass is 79.9. The molecule has 2 aliphatic rings. The van der Waals surface area contributed by atoms with Gasteiger partial charge in [-0.05, 0) is 41.2 Å². The van der Waals surface area contributed by atoms with Gasteiger partial charge < -0.3 is 45.4 Å². The third-order valence-electron chi connectivity index (χ3n) is 7.67. The number of ether oxygens (including phenoxy) is 3. The van der Waals surface area contributed by atoms with E-state index in [-0.39, 0.29) is 12.6 Å². The lowest BCUT2D eigenvalue weighted by Gasteiger charge is -2.35. The summed E-state index contributed by atoms with van der Waals surface area (Å²) in [6.07, 6.45) is 5.81. The highest BCUT2D eigenvalue weighted by molar-refractivity contribution is 9.10. The molecule has 2 aromatic carbocycles. The lowest BCUT2D eigenvalue weighted by molar-refractivity contribution is 0.172. The monoisotopic (exact) mass is 715 g/mol. The SMILES string of the molecule is CN/C=C(\C=N)c1cc(Nc2ncc(Br)c(Nc3ccc4c(c3N(C)S(C)(=O)=O)OCCO4)n2)c(OC)cc1N1CCN(C)CC1. The van der Waals surface area contributed by atoms with Crippen LogP contribution in [-0.2, 0) is 10.0 Å². The van der Waals surface area contributed by atoms with E-state index in [4.69, 9.17) is 24.6 Å². The first-order valence-electron chi connectivity index (χ1n) is 14.5. The van der Waals surface area contributed by atoms with Crippen LogP contribution in [0.3, 0.4) is 0 Å². The summed E-state index contributed by atoms with van der Waals surface area (Å²) in [5, 5.41) is 17.7. The summed E-state index contributed by atoms with van der Waals surface area (Å²) in [6.45, 7) is 4.17. The molecule has 1 saturated heterocycles. The van der Waals surface area contributed by atoms with Crippen LogP contribution in [0.2, 0.25) is 0 Å². The van der Waals surface area contributed by atoms with Gasteiger partial charge in [-0.25, -0.2) is 13.4 Å². The van der Waals surface area contributed by atoms with Crippen LogP contribution >= 0.6 is 15.9 Å². The van der Waals surface area contributed by atoms with Crippen molar-refractivity contribution >= 4 is 72.3 Å². The van der Waals surface area contributed by atoms with Gasteiger partial charge in [0, 0.05) is 81.8 Å². The number of aromatic nitrogens is 2. The smallest absolute Gasteiger partial charge is 0.232 e. The van der Waals surface area contributed by atoms with E-state index in [0.29, 0.717) is 56.8 Å². The van der Waals surface area contributed by atoms with Crippen LogP contribution in [0.25, 0.3) is 5.57 Å². The van der Waals surface area contributed by atoms with Crippen LogP contribution < -0.4 is 39.4 Å². The number of nitrogens with one attached hydrogen (secondary N) is 4. The van der Waals surface area contributed by atoms with Crippen LogP contribution in [0.4, 0.5) is 34.5 Å². The van der Waals surface area contributed by atoms with Gasteiger partial charge in [0.2, 0.25) is 16.0 Å². The average Bonchev–Trinajstić information content (AvgIpc) is 3.04. The first-order chi connectivity index (χ1) is 22.0. The molecule has 2 aliphatic heterocycles. The molecule has 5 rings (SSSR count). The first-order valence-corrected chi connectivity index (χ1v) is 17.1. The highest BCUT2D eigenvalue weighted by Crippen LogP contribution is 2.46. The van der Waals surface area contributed by atoms with Gasteiger partial charge in [-0.3, -0.25) is 4.31 Å². The molecule has 4 N–H and O–H groups in total. The summed E-state index contributed by atoms with van der Waals surface area (Å²) < 4.78 is 44.3. The number of nitrogens with zero attached hydrogens (tertiary/aromatic N) is 5. The fourth-order valence-electron chi connectivity index (χ4n) is 5.17. The van der Waals surface area contributed by atoms with Crippen LogP contribution in [0.15, 0.2) is 41.1 Å². The van der Waals surface area contributed by atoms with E-state index in [1.165, 1.54) is 13.3 Å². The molecule has 1 aromatic heterocycles. The Kier molecular flexibility index (Phi) is 10.1. The number of fused-ring (bicyclic) bond motifs is 1. The normalized spacial score (nSPS) is 15.3. The number of allylic oxidation sites excluding steroid dienone is 1. The molecule has 14 nitrogen and oxygen atoms in total. The Morgan fingerprint density at radius 3 is 2.54 bits per heavy atom. The zero-order valence-electron chi connectivity index (χ0n) is 26.3. The number of sulfonamides is 1. The molecule has 0 atom stereocenters. The molecule has 1 fully saturated rings. The Labute approximate surface area is 277 Å². The average molecular weight is 717 g/mol. The second-order valence-corrected chi connectivity index (χ2v) is 13.6. The molecule has 46 heavy (non-hydrogen) atoms. The summed E-state index contributed by atoms with van der Waals surface area (Å²) >= 11 is 3.52. The maximum Gasteiger partial charge on any atom is 0.232 e. The van der Waals surface area contributed by atoms with Gasteiger partial charge in [-0.2, -0.15) is 4.98 Å². The van der Waals surface area contributed by atoms with Gasteiger partial charge in [0.15, 0.2) is 11.5 Å². The zero-order chi connectivity index (χ0) is 33.0. The summed E-state index contributed by atoms with van der Waals surface area (Å²) in [7, 11) is 3.32. The minimum absolute atomic E-state index is 0.256. The predicted molar refractivity (Wildman–Crippen MR) is 186 cm³/mol. The van der Waals surface area contributed by atoms with E-state index in [0.717, 1.165) is 48.0 Å². The molecule has 0 amide bonds. The lowest BCUT2D eigenvalue weighted by Crippen LogP contribution is -2.44. The van der Waals surface area contributed by atoms with Crippen molar-refractivity contribution in [2.24, 2.45) is 0 Å². The van der Waals surface area contributed by atoms with E-state index >= 15 is 0 Å². The number of hydrogen-bond donors (Lipinski definition) is 4. The predicted octanol–water partition coefficient (Wildman–Crippen LogP) is 3.86. The molecule has 0 spiro atoms. The van der Waals surface area contributed by atoms with Crippen molar-refractivity contribution in [2.75, 3.05) is 93.7 Å². The number of anilines is 6. The standard InChI is InChI=1S/C30H38BrN9O5S/c1-33-17-19(16-32)20-14-23(26(43-4)15-24(20)40-10-8-38(2)9-11-40)36-30-34-18-21(31)29(37-30)35-22-6-7-25-28(45-13-12-44-25)27(22)39(3)46(5,41)42/h6-7,14-18,32-33H,8-13H2,1-5H3,(H2,34,35,36,37)/b19-17+,32-16?. The molecule has 16 heteroatoms. The Morgan fingerprint density at radius 1 is 1.13 bits per heavy atom. The number of piperazine rings is 1. The lowest BCUT2D eigenvalue weighted by atomic mass is 10.0. The van der Waals surface area contributed by atoms with Crippen LogP contribution in [0.5, 0.6) is 17.2 Å². The van der Waals surface area contributed by atoms with Crippen molar-refractivity contribution in [3.05, 3.63) is 46.7 Å². The highest BCUT2D eigenvalue weighted by Gasteiger charge is 2.27. The second kappa shape index (κ2) is 14.0. The number of methoxy groups -OCH3 is 1. The second-order valence-electron chi connectivity index (χ2n) is 10.7. The zero-order valence-corrected chi connectivity index (χ0v) is 28.8. The molecule has 246 valence electrons. The van der Waals surface area contributed by atoms with Crippen LogP contribution in [0, 0.1) is 5.41 Å². The maximum atomic E-state index is 12.6. The van der Waals surface area contributed by atoms with Gasteiger partial charge >= 0.3 is 0 Å². The quantitative estimate of drug-likeness (QED) is 0.213. The number of likely N-dealkylation sites (N-methyl/N-ethyl adjacent to an activating group) is 1. The third-order valence-corrected chi connectivity index (χ3v) is 9.42. The molecule has 3 heterocycles. The van der Waals surface area contributed by atoms with Gasteiger partial charge in [-0.1, -0.05) is 0 Å². The summed E-state index contributed by atoms with van der Waals surface area (Å²) in [4.78, 5) is 13.8. The molecule has 0 bridgehead atoms. The minimum Gasteiger partial charge on any atom is -0.494 e. The fraction of sp³-hybridized carbons (Fsp3) is 0.367. The Bertz CT molecular complexity index is 1750. The molecule has 0 saturated carbocycles. The Morgan fingerprint density at radius 2 is 1.87 bits per heavy atom. The summed E-state index contributed by atoms with van der Waals surface area (Å²) in [5.41, 5.74) is 3.83. The van der Waals surface area contributed by atoms with Crippen molar-refractivity contribution < 1.29 is 22.6 Å². The van der Waals surface area contributed by atoms with Crippen molar-refractivity contribution in [1.29, 1.82) is 5.41 Å². The molecular formula is C30H38BrN9O5S. The van der Waals surface area contributed by atoms with E-state index in [1.54, 1.807) is 38.7 Å².